The Balaban J connectivity index is 0.000000125. The average molecular weight is 1880 g/mol. The highest BCUT2D eigenvalue weighted by atomic mass is 15.1. The van der Waals surface area contributed by atoms with Crippen molar-refractivity contribution in [2.75, 3.05) is 0 Å². The summed E-state index contributed by atoms with van der Waals surface area (Å²) in [6.07, 6.45) is 17.6. The fraction of sp³-hybridized carbons (Fsp3) is 0.0156. The Labute approximate surface area is 844 Å². The first kappa shape index (κ1) is 91.1. The van der Waals surface area contributed by atoms with Crippen LogP contribution in [0.3, 0.4) is 0 Å². The third kappa shape index (κ3) is 21.4. The summed E-state index contributed by atoms with van der Waals surface area (Å²) in [6.45, 7) is 4.01. The Kier molecular flexibility index (Phi) is 26.7. The first-order valence-corrected chi connectivity index (χ1v) is 47.9. The lowest BCUT2D eigenvalue weighted by Crippen LogP contribution is -2.00. The molecule has 18 nitrogen and oxygen atoms in total. The van der Waals surface area contributed by atoms with Crippen LogP contribution in [-0.2, 0) is 0 Å². The van der Waals surface area contributed by atoms with Crippen LogP contribution in [-0.4, -0.2) is 89.7 Å². The molecule has 15 aromatic carbocycles. The molecule has 24 aromatic rings. The summed E-state index contributed by atoms with van der Waals surface area (Å²) in [5.41, 5.74) is 34.6. The molecule has 146 heavy (non-hydrogen) atoms. The number of aryl methyl sites for hydroxylation is 2. The van der Waals surface area contributed by atoms with E-state index in [0.717, 1.165) is 190 Å². The molecule has 0 aliphatic rings. The van der Waals surface area contributed by atoms with Gasteiger partial charge in [0.05, 0.1) is 11.4 Å². The summed E-state index contributed by atoms with van der Waals surface area (Å²) in [5, 5.41) is 0. The maximum absolute atomic E-state index is 5.04. The van der Waals surface area contributed by atoms with Crippen LogP contribution in [0.5, 0.6) is 0 Å². The lowest BCUT2D eigenvalue weighted by Gasteiger charge is -2.13. The number of rotatable bonds is 21. The van der Waals surface area contributed by atoms with E-state index in [1.165, 1.54) is 0 Å². The number of nitrogens with zero attached hydrogens (tertiary/aromatic N) is 18. The van der Waals surface area contributed by atoms with E-state index < -0.39 is 0 Å². The molecule has 0 fully saturated rings. The topological polar surface area (TPSA) is 232 Å². The molecule has 0 radical (unpaired) electrons. The summed E-state index contributed by atoms with van der Waals surface area (Å²) >= 11 is 0. The fourth-order valence-corrected chi connectivity index (χ4v) is 17.4. The highest BCUT2D eigenvalue weighted by molar-refractivity contribution is 5.87. The fourth-order valence-electron chi connectivity index (χ4n) is 17.4. The lowest BCUT2D eigenvalue weighted by molar-refractivity contribution is 1.07. The van der Waals surface area contributed by atoms with Gasteiger partial charge in [0.15, 0.2) is 58.2 Å². The molecule has 0 bridgehead atoms. The highest BCUT2D eigenvalue weighted by Gasteiger charge is 2.22. The maximum Gasteiger partial charge on any atom is 0.164 e. The minimum atomic E-state index is 0.605. The standard InChI is InChI=1S/2C43H30N6.C42H28N6/c1-29-24-36(20-23-45-29)30-12-14-31(15-13-30)37-25-38(32-16-18-33(19-17-32)40-21-22-44-28-46-40)27-39(26-37)43-48-41(34-8-4-2-5-9-34)47-42(49-43)35-10-6-3-7-11-35;1-29-12-13-36(27-45-29)30-14-16-31(17-15-30)37-24-38(32-18-20-33(21-19-32)40-22-23-44-28-46-40)26-39(25-37)43-48-41(34-8-4-2-5-9-34)47-42(49-43)35-10-6-3-7-11-35;1-3-8-33(9-4-1)40-46-41(34-10-5-2-6-11-34)48-42(47-40)38-27-36(30-14-12-29(13-15-30)32-20-24-43-25-21-32)26-37(28-38)31-16-18-35(19-17-31)39-44-22-7-23-45-39/h2*2-28H,1H3;1-28H. The zero-order chi connectivity index (χ0) is 98.1. The zero-order valence-corrected chi connectivity index (χ0v) is 79.4. The lowest BCUT2D eigenvalue weighted by atomic mass is 9.94. The molecule has 0 N–H and O–H groups in total. The van der Waals surface area contributed by atoms with Crippen LogP contribution in [0.1, 0.15) is 11.4 Å². The second-order valence-electron chi connectivity index (χ2n) is 34.8. The normalized spacial score (nSPS) is 10.9. The van der Waals surface area contributed by atoms with Crippen LogP contribution in [0.4, 0.5) is 0 Å². The molecule has 24 rings (SSSR count). The van der Waals surface area contributed by atoms with Crippen LogP contribution < -0.4 is 0 Å². The molecule has 0 amide bonds. The molecule has 9 aromatic heterocycles. The van der Waals surface area contributed by atoms with Crippen LogP contribution in [0.2, 0.25) is 0 Å². The van der Waals surface area contributed by atoms with Gasteiger partial charge in [-0.15, -0.1) is 0 Å². The van der Waals surface area contributed by atoms with Crippen molar-refractivity contribution in [2.24, 2.45) is 0 Å². The Morgan fingerprint density at radius 1 is 0.123 bits per heavy atom. The molecule has 690 valence electrons. The SMILES string of the molecule is Cc1cc(-c2ccc(-c3cc(-c4ccc(-c5ccncn5)cc4)cc(-c4nc(-c5ccccc5)nc(-c5ccccc5)n4)c3)cc2)ccn1.Cc1ccc(-c2ccc(-c3cc(-c4ccc(-c5ccncn5)cc4)cc(-c4nc(-c5ccccc5)nc(-c5ccccc5)n4)c3)cc2)cn1.c1ccc(-c2nc(-c3ccccc3)nc(-c3cc(-c4ccc(-c5ccncc5)cc4)cc(-c4ccc(-c5ncccn5)cc4)c3)n2)cc1. The van der Waals surface area contributed by atoms with E-state index in [2.05, 4.69) is 257 Å². The van der Waals surface area contributed by atoms with Crippen molar-refractivity contribution in [1.82, 2.24) is 89.7 Å². The summed E-state index contributed by atoms with van der Waals surface area (Å²) < 4.78 is 0. The van der Waals surface area contributed by atoms with Crippen LogP contribution in [0.25, 0.3) is 237 Å². The largest absolute Gasteiger partial charge is 0.265 e. The predicted molar refractivity (Wildman–Crippen MR) is 583 cm³/mol. The minimum absolute atomic E-state index is 0.605. The Morgan fingerprint density at radius 3 is 0.637 bits per heavy atom. The molecule has 0 spiro atoms. The minimum Gasteiger partial charge on any atom is -0.265 e. The first-order chi connectivity index (χ1) is 72.1. The molecule has 9 heterocycles. The van der Waals surface area contributed by atoms with Gasteiger partial charge in [-0.05, 0) is 212 Å². The number of hydrogen-bond donors (Lipinski definition) is 0. The maximum atomic E-state index is 5.04. The van der Waals surface area contributed by atoms with Gasteiger partial charge in [0.25, 0.3) is 0 Å². The number of benzene rings is 15. The van der Waals surface area contributed by atoms with Crippen molar-refractivity contribution in [3.8, 4) is 237 Å². The van der Waals surface area contributed by atoms with E-state index in [9.17, 15) is 0 Å². The Bertz CT molecular complexity index is 8340. The van der Waals surface area contributed by atoms with Crippen LogP contribution in [0, 0.1) is 13.8 Å². The van der Waals surface area contributed by atoms with Crippen LogP contribution >= 0.6 is 0 Å². The smallest absolute Gasteiger partial charge is 0.164 e. The Hall–Kier alpha value is -20.0. The third-order valence-corrected chi connectivity index (χ3v) is 25.0. The van der Waals surface area contributed by atoms with Crippen molar-refractivity contribution >= 4 is 0 Å². The van der Waals surface area contributed by atoms with Gasteiger partial charge >= 0.3 is 0 Å². The first-order valence-electron chi connectivity index (χ1n) is 47.9. The summed E-state index contributed by atoms with van der Waals surface area (Å²) in [7, 11) is 0. The van der Waals surface area contributed by atoms with Crippen LogP contribution in [0.15, 0.2) is 499 Å². The van der Waals surface area contributed by atoms with Gasteiger partial charge in [-0.2, -0.15) is 0 Å². The summed E-state index contributed by atoms with van der Waals surface area (Å²) in [5.74, 6) is 6.27. The molecule has 0 saturated heterocycles. The summed E-state index contributed by atoms with van der Waals surface area (Å²) in [4.78, 5) is 83.7. The van der Waals surface area contributed by atoms with Gasteiger partial charge in [0, 0.05) is 133 Å². The van der Waals surface area contributed by atoms with Gasteiger partial charge in [-0.25, -0.2) is 74.8 Å². The second kappa shape index (κ2) is 42.8. The molecule has 0 aliphatic heterocycles. The molecular formula is C128H88N18. The monoisotopic (exact) mass is 1880 g/mol. The van der Waals surface area contributed by atoms with Gasteiger partial charge < -0.3 is 0 Å². The van der Waals surface area contributed by atoms with E-state index >= 15 is 0 Å². The zero-order valence-electron chi connectivity index (χ0n) is 79.4. The van der Waals surface area contributed by atoms with E-state index in [1.54, 1.807) is 37.4 Å². The van der Waals surface area contributed by atoms with E-state index in [-0.39, 0.29) is 0 Å². The van der Waals surface area contributed by atoms with Gasteiger partial charge in [-0.3, -0.25) is 15.0 Å². The van der Waals surface area contributed by atoms with Crippen molar-refractivity contribution in [1.29, 1.82) is 0 Å². The Morgan fingerprint density at radius 2 is 0.356 bits per heavy atom. The molecule has 0 saturated carbocycles. The summed E-state index contributed by atoms with van der Waals surface area (Å²) in [6, 6.07) is 149. The quantitative estimate of drug-likeness (QED) is 0.0650. The highest BCUT2D eigenvalue weighted by Crippen LogP contribution is 2.41. The molecule has 18 heteroatoms. The van der Waals surface area contributed by atoms with Crippen molar-refractivity contribution in [3.05, 3.63) is 510 Å². The number of aromatic nitrogens is 18. The van der Waals surface area contributed by atoms with E-state index in [0.29, 0.717) is 58.2 Å². The van der Waals surface area contributed by atoms with E-state index in [1.807, 2.05) is 263 Å². The van der Waals surface area contributed by atoms with E-state index in [4.69, 9.17) is 44.9 Å². The molecule has 0 atom stereocenters. The van der Waals surface area contributed by atoms with Crippen molar-refractivity contribution < 1.29 is 0 Å². The molecule has 0 aliphatic carbocycles. The van der Waals surface area contributed by atoms with Gasteiger partial charge in [0.1, 0.15) is 12.7 Å². The van der Waals surface area contributed by atoms with Crippen molar-refractivity contribution in [3.63, 3.8) is 0 Å². The van der Waals surface area contributed by atoms with Gasteiger partial charge in [-0.1, -0.05) is 334 Å². The molecule has 0 unspecified atom stereocenters. The van der Waals surface area contributed by atoms with Gasteiger partial charge in [0.2, 0.25) is 0 Å². The predicted octanol–water partition coefficient (Wildman–Crippen LogP) is 29.8. The second-order valence-corrected chi connectivity index (χ2v) is 34.8. The number of pyridine rings is 3. The number of hydrogen-bond acceptors (Lipinski definition) is 18. The third-order valence-electron chi connectivity index (χ3n) is 25.0. The average Bonchev–Trinajstić information content (AvgIpc) is 0.784. The molecular weight excluding hydrogens is 1790 g/mol. The van der Waals surface area contributed by atoms with Crippen molar-refractivity contribution in [2.45, 2.75) is 13.8 Å².